The molecule has 0 unspecified atom stereocenters. The molecular weight excluding hydrogens is 176 g/mol. The van der Waals surface area contributed by atoms with E-state index in [4.69, 9.17) is 5.11 Å². The highest BCUT2D eigenvalue weighted by atomic mass is 32.2. The zero-order valence-corrected chi connectivity index (χ0v) is 7.29. The molecule has 0 aliphatic carbocycles. The van der Waals surface area contributed by atoms with Crippen LogP contribution in [0.2, 0.25) is 0 Å². The van der Waals surface area contributed by atoms with Gasteiger partial charge in [0.25, 0.3) is 0 Å². The maximum absolute atomic E-state index is 10.0. The van der Waals surface area contributed by atoms with Crippen molar-refractivity contribution in [1.82, 2.24) is 0 Å². The molecule has 0 bridgehead atoms. The molecule has 0 aromatic carbocycles. The Morgan fingerprint density at radius 3 is 2.11 bits per heavy atom. The van der Waals surface area contributed by atoms with Crippen molar-refractivity contribution in [3.63, 3.8) is 0 Å². The molecule has 0 aromatic rings. The molecule has 5 heteroatoms. The highest BCUT2D eigenvalue weighted by Gasteiger charge is 2.21. The van der Waals surface area contributed by atoms with E-state index < -0.39 is 10.0 Å². The Balaban J connectivity index is 3.71. The molecule has 0 amide bonds. The van der Waals surface area contributed by atoms with Gasteiger partial charge in [0, 0.05) is 5.75 Å². The van der Waals surface area contributed by atoms with Crippen molar-refractivity contribution in [3.05, 3.63) is 0 Å². The van der Waals surface area contributed by atoms with Crippen molar-refractivity contribution < 1.29 is 9.90 Å². The molecule has 0 fully saturated rings. The van der Waals surface area contributed by atoms with Gasteiger partial charge in [-0.15, -0.1) is 0 Å². The Labute approximate surface area is 70.3 Å². The lowest BCUT2D eigenvalue weighted by Gasteiger charge is -2.15. The number of carboxylic acids is 1. The topological polar surface area (TPSA) is 37.3 Å². The Bertz CT molecular complexity index is 112. The van der Waals surface area contributed by atoms with E-state index in [-0.39, 0.29) is 6.42 Å². The summed E-state index contributed by atoms with van der Waals surface area (Å²) < 4.78 is -0.783. The average molecular weight is 184 g/mol. The van der Waals surface area contributed by atoms with Gasteiger partial charge in [0.1, 0.15) is 0 Å². The van der Waals surface area contributed by atoms with Gasteiger partial charge in [-0.1, -0.05) is 0 Å². The van der Waals surface area contributed by atoms with Crippen LogP contribution in [0.25, 0.3) is 0 Å². The summed E-state index contributed by atoms with van der Waals surface area (Å²) in [4.78, 5) is 10.0. The molecule has 1 N–H and O–H groups in total. The first kappa shape index (κ1) is 9.52. The maximum Gasteiger partial charge on any atom is 0.305 e. The predicted octanol–water partition coefficient (Wildman–Crippen LogP) is 0.947. The summed E-state index contributed by atoms with van der Waals surface area (Å²) in [7, 11) is 0. The van der Waals surface area contributed by atoms with E-state index in [1.807, 2.05) is 0 Å². The summed E-state index contributed by atoms with van der Waals surface area (Å²) >= 11 is 11.7. The van der Waals surface area contributed by atoms with E-state index in [1.54, 1.807) is 0 Å². The van der Waals surface area contributed by atoms with E-state index in [9.17, 15) is 4.79 Å². The van der Waals surface area contributed by atoms with E-state index >= 15 is 0 Å². The summed E-state index contributed by atoms with van der Waals surface area (Å²) in [5, 5.41) is 8.25. The maximum atomic E-state index is 10.0. The van der Waals surface area contributed by atoms with Crippen LogP contribution in [-0.2, 0) is 4.79 Å². The molecule has 0 aliphatic heterocycles. The summed E-state index contributed by atoms with van der Waals surface area (Å²) in [5.74, 6) is -0.569. The highest BCUT2D eigenvalue weighted by molar-refractivity contribution is 8.01. The van der Waals surface area contributed by atoms with Crippen molar-refractivity contribution in [3.8, 4) is 0 Å². The Kier molecular flexibility index (Phi) is 3.84. The van der Waals surface area contributed by atoms with Crippen molar-refractivity contribution >= 4 is 43.9 Å². The lowest BCUT2D eigenvalue weighted by molar-refractivity contribution is -0.137. The van der Waals surface area contributed by atoms with Gasteiger partial charge in [0.05, 0.1) is 10.5 Å². The van der Waals surface area contributed by atoms with Crippen LogP contribution in [0.1, 0.15) is 6.42 Å². The third kappa shape index (κ3) is 4.99. The molecular formula is C4H8O2S3. The van der Waals surface area contributed by atoms with Crippen molar-refractivity contribution in [1.29, 1.82) is 0 Å². The number of aliphatic carboxylic acids is 1. The van der Waals surface area contributed by atoms with Gasteiger partial charge in [-0.05, 0) is 0 Å². The second-order valence-electron chi connectivity index (χ2n) is 1.71. The van der Waals surface area contributed by atoms with Crippen molar-refractivity contribution in [2.75, 3.05) is 5.75 Å². The molecule has 0 spiro atoms. The van der Waals surface area contributed by atoms with Crippen LogP contribution in [0, 0.1) is 0 Å². The molecule has 0 heterocycles. The van der Waals surface area contributed by atoms with Crippen LogP contribution < -0.4 is 0 Å². The average Bonchev–Trinajstić information content (AvgIpc) is 1.63. The van der Waals surface area contributed by atoms with Gasteiger partial charge in [0.15, 0.2) is 0 Å². The Morgan fingerprint density at radius 1 is 1.56 bits per heavy atom. The first-order valence-electron chi connectivity index (χ1n) is 2.25. The largest absolute Gasteiger partial charge is 0.481 e. The van der Waals surface area contributed by atoms with Crippen molar-refractivity contribution in [2.45, 2.75) is 10.5 Å². The monoisotopic (exact) mass is 184 g/mol. The second kappa shape index (κ2) is 3.63. The Hall–Kier alpha value is 0.520. The van der Waals surface area contributed by atoms with E-state index in [0.29, 0.717) is 5.75 Å². The normalized spacial score (nSPS) is 11.4. The summed E-state index contributed by atoms with van der Waals surface area (Å²) in [6, 6.07) is 0. The van der Waals surface area contributed by atoms with Gasteiger partial charge in [0.2, 0.25) is 0 Å². The molecule has 54 valence electrons. The van der Waals surface area contributed by atoms with Crippen molar-refractivity contribution in [2.24, 2.45) is 0 Å². The van der Waals surface area contributed by atoms with Crippen LogP contribution >= 0.6 is 37.9 Å². The standard InChI is InChI=1S/C4H8O2S3/c5-3(6)1-4(8,9)2-7/h7-9H,1-2H2,(H,5,6). The number of thiol groups is 3. The quantitative estimate of drug-likeness (QED) is 0.389. The zero-order chi connectivity index (χ0) is 7.49. The highest BCUT2D eigenvalue weighted by Crippen LogP contribution is 2.24. The third-order valence-corrected chi connectivity index (χ3v) is 2.36. The minimum atomic E-state index is -0.908. The molecule has 2 nitrogen and oxygen atoms in total. The number of rotatable bonds is 3. The van der Waals surface area contributed by atoms with Crippen LogP contribution in [0.3, 0.4) is 0 Å². The number of hydrogen-bond donors (Lipinski definition) is 4. The van der Waals surface area contributed by atoms with Gasteiger partial charge in [-0.3, -0.25) is 4.79 Å². The number of carboxylic acid groups (broad SMARTS) is 1. The summed E-state index contributed by atoms with van der Waals surface area (Å²) in [6.45, 7) is 0. The fraction of sp³-hybridized carbons (Fsp3) is 0.750. The zero-order valence-electron chi connectivity index (χ0n) is 4.61. The van der Waals surface area contributed by atoms with Crippen LogP contribution in [0.15, 0.2) is 0 Å². The fourth-order valence-corrected chi connectivity index (χ4v) is 0.680. The van der Waals surface area contributed by atoms with Crippen LogP contribution in [0.4, 0.5) is 0 Å². The SMILES string of the molecule is O=C(O)CC(S)(S)CS. The van der Waals surface area contributed by atoms with E-state index in [2.05, 4.69) is 37.9 Å². The molecule has 9 heavy (non-hydrogen) atoms. The fourth-order valence-electron chi connectivity index (χ4n) is 0.298. The lowest BCUT2D eigenvalue weighted by Crippen LogP contribution is -2.20. The molecule has 0 rings (SSSR count). The summed E-state index contributed by atoms with van der Waals surface area (Å²) in [6.07, 6.45) is -0.0806. The summed E-state index contributed by atoms with van der Waals surface area (Å²) in [5.41, 5.74) is 0. The molecule has 0 saturated carbocycles. The molecule has 0 saturated heterocycles. The molecule has 0 aliphatic rings. The van der Waals surface area contributed by atoms with Gasteiger partial charge in [-0.2, -0.15) is 37.9 Å². The molecule has 0 aromatic heterocycles. The van der Waals surface area contributed by atoms with Crippen LogP contribution in [-0.4, -0.2) is 20.9 Å². The minimum absolute atomic E-state index is 0.0806. The molecule has 0 atom stereocenters. The first-order valence-corrected chi connectivity index (χ1v) is 3.78. The predicted molar refractivity (Wildman–Crippen MR) is 46.8 cm³/mol. The number of hydrogen-bond acceptors (Lipinski definition) is 4. The lowest BCUT2D eigenvalue weighted by atomic mass is 10.3. The molecule has 0 radical (unpaired) electrons. The number of carbonyl (C=O) groups is 1. The smallest absolute Gasteiger partial charge is 0.305 e. The third-order valence-electron chi connectivity index (χ3n) is 0.688. The Morgan fingerprint density at radius 2 is 2.00 bits per heavy atom. The van der Waals surface area contributed by atoms with E-state index in [0.717, 1.165) is 0 Å². The van der Waals surface area contributed by atoms with Gasteiger partial charge in [-0.25, -0.2) is 0 Å². The second-order valence-corrected chi connectivity index (χ2v) is 4.09. The minimum Gasteiger partial charge on any atom is -0.481 e. The van der Waals surface area contributed by atoms with E-state index in [1.165, 1.54) is 0 Å². The first-order chi connectivity index (χ1) is 3.98. The van der Waals surface area contributed by atoms with Crippen LogP contribution in [0.5, 0.6) is 0 Å². The van der Waals surface area contributed by atoms with Gasteiger partial charge >= 0.3 is 5.97 Å². The van der Waals surface area contributed by atoms with Gasteiger partial charge < -0.3 is 5.11 Å².